The monoisotopic (exact) mass is 430 g/mol. The van der Waals surface area contributed by atoms with Crippen LogP contribution in [0.15, 0.2) is 47.7 Å². The molecule has 2 rings (SSSR count). The van der Waals surface area contributed by atoms with Crippen molar-refractivity contribution in [2.24, 2.45) is 10.7 Å². The van der Waals surface area contributed by atoms with Crippen LogP contribution in [0.3, 0.4) is 0 Å². The minimum absolute atomic E-state index is 0. The number of benzene rings is 1. The fourth-order valence-electron chi connectivity index (χ4n) is 1.87. The van der Waals surface area contributed by atoms with Gasteiger partial charge in [0.1, 0.15) is 12.4 Å². The van der Waals surface area contributed by atoms with E-state index in [0.29, 0.717) is 25.6 Å². The average molecular weight is 430 g/mol. The molecule has 9 heteroatoms. The molecule has 0 amide bonds. The maximum atomic E-state index is 10.5. The van der Waals surface area contributed by atoms with Gasteiger partial charge in [-0.3, -0.25) is 19.8 Å². The summed E-state index contributed by atoms with van der Waals surface area (Å²) < 4.78 is 1.49. The van der Waals surface area contributed by atoms with Gasteiger partial charge in [0.2, 0.25) is 0 Å². The van der Waals surface area contributed by atoms with Crippen LogP contribution in [-0.4, -0.2) is 33.8 Å². The maximum Gasteiger partial charge on any atom is 0.306 e. The van der Waals surface area contributed by atoms with Crippen LogP contribution >= 0.6 is 24.0 Å². The first-order valence-corrected chi connectivity index (χ1v) is 6.90. The number of guanidine groups is 1. The third-order valence-electron chi connectivity index (χ3n) is 3.00. The third kappa shape index (κ3) is 6.63. The van der Waals surface area contributed by atoms with E-state index in [2.05, 4.69) is 15.4 Å². The highest BCUT2D eigenvalue weighted by Gasteiger charge is 2.07. The molecule has 0 saturated heterocycles. The topological polar surface area (TPSA) is 111 Å². The summed E-state index contributed by atoms with van der Waals surface area (Å²) in [6.07, 6.45) is 3.43. The molecule has 8 nitrogen and oxygen atoms in total. The van der Waals surface area contributed by atoms with Crippen LogP contribution < -0.4 is 11.1 Å². The molecule has 0 atom stereocenters. The lowest BCUT2D eigenvalue weighted by Crippen LogP contribution is -2.34. The number of nitrogens with one attached hydrogen (secondary N) is 1. The first kappa shape index (κ1) is 18.9. The number of hydrogen-bond donors (Lipinski definition) is 2. The van der Waals surface area contributed by atoms with Crippen molar-refractivity contribution in [2.75, 3.05) is 13.1 Å². The van der Waals surface area contributed by atoms with Crippen molar-refractivity contribution in [3.63, 3.8) is 0 Å². The van der Waals surface area contributed by atoms with Gasteiger partial charge in [-0.1, -0.05) is 30.3 Å². The summed E-state index contributed by atoms with van der Waals surface area (Å²) in [7, 11) is 0. The van der Waals surface area contributed by atoms with Crippen molar-refractivity contribution in [1.82, 2.24) is 15.1 Å². The number of nitrogens with two attached hydrogens (primary N) is 1. The first-order valence-electron chi connectivity index (χ1n) is 6.90. The van der Waals surface area contributed by atoms with Gasteiger partial charge in [0.15, 0.2) is 5.96 Å². The van der Waals surface area contributed by atoms with Crippen molar-refractivity contribution in [3.8, 4) is 0 Å². The lowest BCUT2D eigenvalue weighted by molar-refractivity contribution is -0.385. The average Bonchev–Trinajstić information content (AvgIpc) is 2.97. The molecule has 2 aromatic rings. The third-order valence-corrected chi connectivity index (χ3v) is 3.00. The van der Waals surface area contributed by atoms with Gasteiger partial charge in [0, 0.05) is 13.1 Å². The van der Waals surface area contributed by atoms with Crippen molar-refractivity contribution < 1.29 is 4.92 Å². The van der Waals surface area contributed by atoms with Crippen molar-refractivity contribution in [3.05, 3.63) is 58.4 Å². The normalized spacial score (nSPS) is 10.9. The van der Waals surface area contributed by atoms with E-state index in [1.54, 1.807) is 0 Å². The SMILES string of the molecule is I.NC(=NCCc1ccccc1)NCCn1cc([N+](=O)[O-])cn1. The van der Waals surface area contributed by atoms with Gasteiger partial charge in [-0.05, 0) is 12.0 Å². The Morgan fingerprint density at radius 2 is 2.13 bits per heavy atom. The molecule has 0 bridgehead atoms. The molecule has 1 aromatic heterocycles. The number of aromatic nitrogens is 2. The molecule has 0 spiro atoms. The minimum Gasteiger partial charge on any atom is -0.370 e. The van der Waals surface area contributed by atoms with Gasteiger partial charge < -0.3 is 11.1 Å². The number of hydrogen-bond acceptors (Lipinski definition) is 4. The van der Waals surface area contributed by atoms with Crippen molar-refractivity contribution >= 4 is 35.6 Å². The summed E-state index contributed by atoms with van der Waals surface area (Å²) in [6, 6.07) is 10.0. The summed E-state index contributed by atoms with van der Waals surface area (Å²) in [4.78, 5) is 14.3. The van der Waals surface area contributed by atoms with E-state index in [4.69, 9.17) is 5.73 Å². The van der Waals surface area contributed by atoms with Crippen LogP contribution in [0.25, 0.3) is 0 Å². The van der Waals surface area contributed by atoms with Crippen LogP contribution in [-0.2, 0) is 13.0 Å². The molecule has 0 aliphatic carbocycles. The molecule has 0 unspecified atom stereocenters. The summed E-state index contributed by atoms with van der Waals surface area (Å²) in [6.45, 7) is 1.58. The summed E-state index contributed by atoms with van der Waals surface area (Å²) >= 11 is 0. The largest absolute Gasteiger partial charge is 0.370 e. The van der Waals surface area contributed by atoms with Gasteiger partial charge >= 0.3 is 5.69 Å². The highest BCUT2D eigenvalue weighted by molar-refractivity contribution is 14.0. The fraction of sp³-hybridized carbons (Fsp3) is 0.286. The Balaban J connectivity index is 0.00000264. The predicted octanol–water partition coefficient (Wildman–Crippen LogP) is 1.56. The van der Waals surface area contributed by atoms with Crippen molar-refractivity contribution in [2.45, 2.75) is 13.0 Å². The van der Waals surface area contributed by atoms with Crippen LogP contribution in [0.1, 0.15) is 5.56 Å². The van der Waals surface area contributed by atoms with E-state index in [1.165, 1.54) is 22.6 Å². The van der Waals surface area contributed by atoms with E-state index < -0.39 is 4.92 Å². The van der Waals surface area contributed by atoms with Gasteiger partial charge in [-0.2, -0.15) is 5.10 Å². The number of aliphatic imine (C=N–C) groups is 1. The molecular formula is C14H19IN6O2. The molecule has 1 heterocycles. The molecule has 0 aliphatic heterocycles. The lowest BCUT2D eigenvalue weighted by atomic mass is 10.2. The zero-order valence-electron chi connectivity index (χ0n) is 12.5. The van der Waals surface area contributed by atoms with E-state index in [9.17, 15) is 10.1 Å². The highest BCUT2D eigenvalue weighted by Crippen LogP contribution is 2.06. The number of nitro groups is 1. The molecule has 1 aromatic carbocycles. The zero-order chi connectivity index (χ0) is 15.8. The quantitative estimate of drug-likeness (QED) is 0.228. The van der Waals surface area contributed by atoms with Crippen LogP contribution in [0, 0.1) is 10.1 Å². The maximum absolute atomic E-state index is 10.5. The second-order valence-electron chi connectivity index (χ2n) is 4.65. The Labute approximate surface area is 151 Å². The summed E-state index contributed by atoms with van der Waals surface area (Å²) in [5.74, 6) is 0.359. The Bertz CT molecular complexity index is 644. The first-order chi connectivity index (χ1) is 10.6. The Kier molecular flexibility index (Phi) is 8.02. The zero-order valence-corrected chi connectivity index (χ0v) is 14.8. The molecule has 124 valence electrons. The minimum atomic E-state index is -0.476. The second kappa shape index (κ2) is 9.77. The smallest absolute Gasteiger partial charge is 0.306 e. The van der Waals surface area contributed by atoms with Crippen molar-refractivity contribution in [1.29, 1.82) is 0 Å². The van der Waals surface area contributed by atoms with E-state index in [0.717, 1.165) is 6.42 Å². The molecule has 23 heavy (non-hydrogen) atoms. The molecular weight excluding hydrogens is 411 g/mol. The van der Waals surface area contributed by atoms with Gasteiger partial charge in [-0.25, -0.2) is 0 Å². The van der Waals surface area contributed by atoms with E-state index in [-0.39, 0.29) is 29.7 Å². The van der Waals surface area contributed by atoms with E-state index >= 15 is 0 Å². The van der Waals surface area contributed by atoms with Crippen LogP contribution in [0.4, 0.5) is 5.69 Å². The molecule has 0 fully saturated rings. The van der Waals surface area contributed by atoms with Gasteiger partial charge in [-0.15, -0.1) is 24.0 Å². The Hall–Kier alpha value is -2.17. The standard InChI is InChI=1S/C14H18N6O2.HI/c15-14(16-7-6-12-4-2-1-3-5-12)17-8-9-19-11-13(10-18-19)20(21)22;/h1-5,10-11H,6-9H2,(H3,15,16,17);1H. The Morgan fingerprint density at radius 1 is 1.39 bits per heavy atom. The summed E-state index contributed by atoms with van der Waals surface area (Å²) in [5.41, 5.74) is 6.94. The lowest BCUT2D eigenvalue weighted by Gasteiger charge is -2.05. The molecule has 0 radical (unpaired) electrons. The number of nitrogens with zero attached hydrogens (tertiary/aromatic N) is 4. The number of rotatable bonds is 7. The highest BCUT2D eigenvalue weighted by atomic mass is 127. The molecule has 0 saturated carbocycles. The Morgan fingerprint density at radius 3 is 2.78 bits per heavy atom. The molecule has 0 aliphatic rings. The molecule has 3 N–H and O–H groups in total. The fourth-order valence-corrected chi connectivity index (χ4v) is 1.87. The second-order valence-corrected chi connectivity index (χ2v) is 4.65. The van der Waals surface area contributed by atoms with Gasteiger partial charge in [0.05, 0.1) is 11.5 Å². The van der Waals surface area contributed by atoms with Crippen LogP contribution in [0.5, 0.6) is 0 Å². The van der Waals surface area contributed by atoms with Gasteiger partial charge in [0.25, 0.3) is 0 Å². The summed E-state index contributed by atoms with van der Waals surface area (Å²) in [5, 5.41) is 17.4. The van der Waals surface area contributed by atoms with Crippen LogP contribution in [0.2, 0.25) is 0 Å². The van der Waals surface area contributed by atoms with E-state index in [1.807, 2.05) is 30.3 Å². The number of halogens is 1. The predicted molar refractivity (Wildman–Crippen MR) is 98.9 cm³/mol.